The first kappa shape index (κ1) is 8.25. The molecule has 3 rings (SSSR count). The van der Waals surface area contributed by atoms with Crippen LogP contribution in [0, 0.1) is 17.8 Å². The fraction of sp³-hybridized carbons (Fsp3) is 1.00. The summed E-state index contributed by atoms with van der Waals surface area (Å²) in [4.78, 5) is 0. The van der Waals surface area contributed by atoms with Crippen molar-refractivity contribution in [3.05, 3.63) is 0 Å². The van der Waals surface area contributed by atoms with Crippen molar-refractivity contribution in [2.75, 3.05) is 0 Å². The summed E-state index contributed by atoms with van der Waals surface area (Å²) in [6.07, 6.45) is 6.89. The van der Waals surface area contributed by atoms with Crippen LogP contribution in [0.15, 0.2) is 0 Å². The molecule has 0 saturated heterocycles. The fourth-order valence-corrected chi connectivity index (χ4v) is 4.09. The molecular weight excluding hydrogens is 162 g/mol. The van der Waals surface area contributed by atoms with E-state index in [1.807, 2.05) is 0 Å². The third-order valence-corrected chi connectivity index (χ3v) is 4.82. The van der Waals surface area contributed by atoms with Gasteiger partial charge in [-0.3, -0.25) is 0 Å². The van der Waals surface area contributed by atoms with Gasteiger partial charge in [-0.15, -0.1) is 0 Å². The standard InChI is InChI=1S/C11H19NO/c12-10-7-2-1-3-11(13)6-8(10)5-9(11)4-7/h7-10,13H,1-6,12H2. The second-order valence-corrected chi connectivity index (χ2v) is 5.47. The molecule has 3 bridgehead atoms. The van der Waals surface area contributed by atoms with Crippen molar-refractivity contribution in [2.45, 2.75) is 50.2 Å². The molecule has 3 fully saturated rings. The van der Waals surface area contributed by atoms with Crippen LogP contribution in [0.4, 0.5) is 0 Å². The van der Waals surface area contributed by atoms with Crippen LogP contribution in [0.5, 0.6) is 0 Å². The second-order valence-electron chi connectivity index (χ2n) is 5.47. The summed E-state index contributed by atoms with van der Waals surface area (Å²) in [6.45, 7) is 0. The maximum absolute atomic E-state index is 10.5. The Bertz CT molecular complexity index is 228. The zero-order valence-corrected chi connectivity index (χ0v) is 8.08. The first-order valence-electron chi connectivity index (χ1n) is 5.67. The molecule has 5 unspecified atom stereocenters. The van der Waals surface area contributed by atoms with Crippen molar-refractivity contribution in [3.8, 4) is 0 Å². The second kappa shape index (κ2) is 2.48. The molecular formula is C11H19NO. The lowest BCUT2D eigenvalue weighted by Crippen LogP contribution is -2.39. The Morgan fingerprint density at radius 2 is 2.00 bits per heavy atom. The van der Waals surface area contributed by atoms with Gasteiger partial charge in [-0.1, -0.05) is 6.42 Å². The van der Waals surface area contributed by atoms with Gasteiger partial charge in [0.25, 0.3) is 0 Å². The van der Waals surface area contributed by atoms with Crippen LogP contribution in [0.2, 0.25) is 0 Å². The van der Waals surface area contributed by atoms with Crippen LogP contribution in [0.25, 0.3) is 0 Å². The summed E-state index contributed by atoms with van der Waals surface area (Å²) in [5.41, 5.74) is 5.90. The Labute approximate surface area is 79.5 Å². The van der Waals surface area contributed by atoms with Crippen LogP contribution in [-0.4, -0.2) is 16.7 Å². The fourth-order valence-electron chi connectivity index (χ4n) is 4.09. The van der Waals surface area contributed by atoms with E-state index in [4.69, 9.17) is 5.73 Å². The van der Waals surface area contributed by atoms with Crippen LogP contribution in [-0.2, 0) is 0 Å². The van der Waals surface area contributed by atoms with Gasteiger partial charge >= 0.3 is 0 Å². The third kappa shape index (κ3) is 1.02. The molecule has 3 aliphatic rings. The smallest absolute Gasteiger partial charge is 0.0679 e. The lowest BCUT2D eigenvalue weighted by atomic mass is 9.76. The van der Waals surface area contributed by atoms with E-state index in [1.165, 1.54) is 25.7 Å². The molecule has 0 spiro atoms. The molecule has 2 heteroatoms. The first-order chi connectivity index (χ1) is 6.19. The maximum Gasteiger partial charge on any atom is 0.0679 e. The monoisotopic (exact) mass is 181 g/mol. The van der Waals surface area contributed by atoms with Gasteiger partial charge in [-0.2, -0.15) is 0 Å². The van der Waals surface area contributed by atoms with Crippen molar-refractivity contribution >= 4 is 0 Å². The summed E-state index contributed by atoms with van der Waals surface area (Å²) >= 11 is 0. The number of nitrogens with two attached hydrogens (primary N) is 1. The number of fused-ring (bicyclic) bond motifs is 2. The van der Waals surface area contributed by atoms with Crippen LogP contribution < -0.4 is 5.73 Å². The van der Waals surface area contributed by atoms with Crippen LogP contribution >= 0.6 is 0 Å². The Morgan fingerprint density at radius 1 is 1.23 bits per heavy atom. The van der Waals surface area contributed by atoms with Crippen molar-refractivity contribution in [1.82, 2.24) is 0 Å². The van der Waals surface area contributed by atoms with E-state index in [9.17, 15) is 5.11 Å². The van der Waals surface area contributed by atoms with Gasteiger partial charge in [-0.25, -0.2) is 0 Å². The van der Waals surface area contributed by atoms with Crippen molar-refractivity contribution in [3.63, 3.8) is 0 Å². The predicted molar refractivity (Wildman–Crippen MR) is 51.1 cm³/mol. The highest BCUT2D eigenvalue weighted by atomic mass is 16.3. The lowest BCUT2D eigenvalue weighted by molar-refractivity contribution is -0.00376. The van der Waals surface area contributed by atoms with E-state index in [-0.39, 0.29) is 5.60 Å². The first-order valence-corrected chi connectivity index (χ1v) is 5.67. The molecule has 0 aromatic carbocycles. The minimum atomic E-state index is -0.312. The van der Waals surface area contributed by atoms with Gasteiger partial charge in [0.05, 0.1) is 5.60 Å². The molecule has 0 aromatic rings. The summed E-state index contributed by atoms with van der Waals surface area (Å²) in [5, 5.41) is 10.5. The average Bonchev–Trinajstić information content (AvgIpc) is 2.29. The predicted octanol–water partition coefficient (Wildman–Crippen LogP) is 1.27. The number of rotatable bonds is 0. The summed E-state index contributed by atoms with van der Waals surface area (Å²) in [6, 6.07) is 0.394. The lowest BCUT2D eigenvalue weighted by Gasteiger charge is -2.33. The van der Waals surface area contributed by atoms with E-state index < -0.39 is 0 Å². The summed E-state index contributed by atoms with van der Waals surface area (Å²) < 4.78 is 0. The molecule has 0 radical (unpaired) electrons. The maximum atomic E-state index is 10.5. The minimum absolute atomic E-state index is 0.312. The molecule has 5 atom stereocenters. The van der Waals surface area contributed by atoms with E-state index >= 15 is 0 Å². The highest BCUT2D eigenvalue weighted by molar-refractivity contribution is 5.07. The van der Waals surface area contributed by atoms with E-state index in [0.29, 0.717) is 17.9 Å². The van der Waals surface area contributed by atoms with Gasteiger partial charge in [0.1, 0.15) is 0 Å². The Morgan fingerprint density at radius 3 is 2.85 bits per heavy atom. The Hall–Kier alpha value is -0.0800. The Balaban J connectivity index is 1.97. The molecule has 3 N–H and O–H groups in total. The van der Waals surface area contributed by atoms with E-state index in [1.54, 1.807) is 0 Å². The quantitative estimate of drug-likeness (QED) is 0.591. The van der Waals surface area contributed by atoms with Crippen LogP contribution in [0.1, 0.15) is 38.5 Å². The van der Waals surface area contributed by atoms with Gasteiger partial charge in [0.15, 0.2) is 0 Å². The summed E-state index contributed by atoms with van der Waals surface area (Å²) in [5.74, 6) is 1.94. The minimum Gasteiger partial charge on any atom is -0.390 e. The van der Waals surface area contributed by atoms with Gasteiger partial charge in [-0.05, 0) is 49.9 Å². The molecule has 2 nitrogen and oxygen atoms in total. The van der Waals surface area contributed by atoms with Crippen molar-refractivity contribution < 1.29 is 5.11 Å². The van der Waals surface area contributed by atoms with E-state index in [2.05, 4.69) is 0 Å². The SMILES string of the molecule is NC1C2CCCC3(O)CC1CC3C2. The molecule has 0 aromatic heterocycles. The van der Waals surface area contributed by atoms with Crippen molar-refractivity contribution in [2.24, 2.45) is 23.5 Å². The largest absolute Gasteiger partial charge is 0.390 e. The highest BCUT2D eigenvalue weighted by Crippen LogP contribution is 2.54. The average molecular weight is 181 g/mol. The number of hydrogen-bond acceptors (Lipinski definition) is 2. The zero-order chi connectivity index (χ0) is 9.05. The van der Waals surface area contributed by atoms with E-state index in [0.717, 1.165) is 18.8 Å². The number of aliphatic hydroxyl groups is 1. The zero-order valence-electron chi connectivity index (χ0n) is 8.08. The Kier molecular flexibility index (Phi) is 1.58. The molecule has 0 heterocycles. The molecule has 74 valence electrons. The normalized spacial score (nSPS) is 59.5. The molecule has 0 amide bonds. The number of hydrogen-bond donors (Lipinski definition) is 2. The molecule has 0 aliphatic heterocycles. The van der Waals surface area contributed by atoms with Gasteiger partial charge in [0, 0.05) is 6.04 Å². The molecule has 13 heavy (non-hydrogen) atoms. The molecule has 3 aliphatic carbocycles. The van der Waals surface area contributed by atoms with Gasteiger partial charge < -0.3 is 10.8 Å². The highest BCUT2D eigenvalue weighted by Gasteiger charge is 2.54. The van der Waals surface area contributed by atoms with Gasteiger partial charge in [0.2, 0.25) is 0 Å². The molecule has 3 saturated carbocycles. The van der Waals surface area contributed by atoms with Crippen molar-refractivity contribution in [1.29, 1.82) is 0 Å². The third-order valence-electron chi connectivity index (χ3n) is 4.82. The topological polar surface area (TPSA) is 46.2 Å². The summed E-state index contributed by atoms with van der Waals surface area (Å²) in [7, 11) is 0. The van der Waals surface area contributed by atoms with Crippen LogP contribution in [0.3, 0.4) is 0 Å².